The van der Waals surface area contributed by atoms with Crippen molar-refractivity contribution in [2.24, 2.45) is 5.92 Å². The van der Waals surface area contributed by atoms with E-state index < -0.39 is 17.0 Å². The molecule has 1 aromatic carbocycles. The summed E-state index contributed by atoms with van der Waals surface area (Å²) in [6.07, 6.45) is 1.65. The van der Waals surface area contributed by atoms with E-state index in [2.05, 4.69) is 6.92 Å². The zero-order valence-corrected chi connectivity index (χ0v) is 9.69. The van der Waals surface area contributed by atoms with Crippen molar-refractivity contribution in [3.05, 3.63) is 35.4 Å². The van der Waals surface area contributed by atoms with Gasteiger partial charge in [0.1, 0.15) is 11.6 Å². The zero-order chi connectivity index (χ0) is 11.4. The lowest BCUT2D eigenvalue weighted by atomic mass is 9.98. The minimum absolute atomic E-state index is 0.261. The third-order valence-corrected chi connectivity index (χ3v) is 3.02. The summed E-state index contributed by atoms with van der Waals surface area (Å²) in [5.74, 6) is -0.462. The molecule has 0 saturated heterocycles. The predicted octanol–water partition coefficient (Wildman–Crippen LogP) is 4.68. The molecule has 1 rings (SSSR count). The maximum absolute atomic E-state index is 13.3. The van der Waals surface area contributed by atoms with Gasteiger partial charge in [0, 0.05) is 5.56 Å². The molecule has 0 spiro atoms. The number of benzene rings is 1. The molecule has 2 unspecified atom stereocenters. The van der Waals surface area contributed by atoms with E-state index >= 15 is 0 Å². The van der Waals surface area contributed by atoms with Gasteiger partial charge in [0.05, 0.1) is 5.38 Å². The van der Waals surface area contributed by atoms with Crippen LogP contribution in [0.2, 0.25) is 0 Å². The van der Waals surface area contributed by atoms with Crippen molar-refractivity contribution < 1.29 is 8.78 Å². The van der Waals surface area contributed by atoms with Gasteiger partial charge in [0.25, 0.3) is 0 Å². The topological polar surface area (TPSA) is 0 Å². The van der Waals surface area contributed by atoms with Gasteiger partial charge in [0.2, 0.25) is 0 Å². The zero-order valence-electron chi connectivity index (χ0n) is 8.93. The summed E-state index contributed by atoms with van der Waals surface area (Å²) in [4.78, 5) is 0. The monoisotopic (exact) mass is 232 g/mol. The molecule has 15 heavy (non-hydrogen) atoms. The van der Waals surface area contributed by atoms with E-state index in [9.17, 15) is 8.78 Å². The third-order valence-electron chi connectivity index (χ3n) is 2.60. The highest BCUT2D eigenvalue weighted by Gasteiger charge is 2.16. The van der Waals surface area contributed by atoms with Crippen molar-refractivity contribution in [2.75, 3.05) is 0 Å². The van der Waals surface area contributed by atoms with Crippen LogP contribution in [0.25, 0.3) is 0 Å². The van der Waals surface area contributed by atoms with Crippen LogP contribution in [0.4, 0.5) is 8.78 Å². The molecule has 0 heterocycles. The van der Waals surface area contributed by atoms with Crippen molar-refractivity contribution in [2.45, 2.75) is 32.1 Å². The van der Waals surface area contributed by atoms with E-state index in [0.717, 1.165) is 18.6 Å². The molecule has 0 amide bonds. The average molecular weight is 233 g/mol. The van der Waals surface area contributed by atoms with Gasteiger partial charge >= 0.3 is 0 Å². The molecule has 3 heteroatoms. The number of halogens is 3. The van der Waals surface area contributed by atoms with Crippen LogP contribution in [-0.4, -0.2) is 0 Å². The lowest BCUT2D eigenvalue weighted by molar-refractivity contribution is 0.494. The smallest absolute Gasteiger partial charge is 0.128 e. The molecule has 0 aliphatic carbocycles. The lowest BCUT2D eigenvalue weighted by Gasteiger charge is -2.15. The summed E-state index contributed by atoms with van der Waals surface area (Å²) in [6, 6.07) is 3.40. The third kappa shape index (κ3) is 3.45. The van der Waals surface area contributed by atoms with Crippen molar-refractivity contribution >= 4 is 11.6 Å². The lowest BCUT2D eigenvalue weighted by Crippen LogP contribution is -2.01. The highest BCUT2D eigenvalue weighted by atomic mass is 35.5. The number of hydrogen-bond donors (Lipinski definition) is 0. The summed E-state index contributed by atoms with van der Waals surface area (Å²) >= 11 is 6.05. The van der Waals surface area contributed by atoms with Crippen LogP contribution in [-0.2, 0) is 0 Å². The van der Waals surface area contributed by atoms with Crippen molar-refractivity contribution in [3.63, 3.8) is 0 Å². The van der Waals surface area contributed by atoms with E-state index in [4.69, 9.17) is 11.6 Å². The molecular formula is C12H15ClF2. The molecule has 0 saturated carbocycles. The van der Waals surface area contributed by atoms with Crippen LogP contribution < -0.4 is 0 Å². The fraction of sp³-hybridized carbons (Fsp3) is 0.500. The summed E-state index contributed by atoms with van der Waals surface area (Å²) in [5.41, 5.74) is 0.261. The quantitative estimate of drug-likeness (QED) is 0.661. The minimum atomic E-state index is -0.448. The maximum Gasteiger partial charge on any atom is 0.128 e. The molecule has 84 valence electrons. The largest absolute Gasteiger partial charge is 0.207 e. The van der Waals surface area contributed by atoms with E-state index in [1.54, 1.807) is 0 Å². The van der Waals surface area contributed by atoms with Gasteiger partial charge in [-0.2, -0.15) is 0 Å². The molecule has 0 nitrogen and oxygen atoms in total. The predicted molar refractivity (Wildman–Crippen MR) is 59.0 cm³/mol. The molecule has 0 aliphatic rings. The minimum Gasteiger partial charge on any atom is -0.207 e. The Hall–Kier alpha value is -0.630. The van der Waals surface area contributed by atoms with Crippen molar-refractivity contribution in [1.82, 2.24) is 0 Å². The van der Waals surface area contributed by atoms with Gasteiger partial charge < -0.3 is 0 Å². The van der Waals surface area contributed by atoms with E-state index in [1.807, 2.05) is 6.92 Å². The second-order valence-corrected chi connectivity index (χ2v) is 4.41. The molecule has 0 fully saturated rings. The Morgan fingerprint density at radius 3 is 2.60 bits per heavy atom. The van der Waals surface area contributed by atoms with Gasteiger partial charge in [-0.05, 0) is 30.5 Å². The molecule has 0 aliphatic heterocycles. The summed E-state index contributed by atoms with van der Waals surface area (Å²) in [5, 5.41) is -0.448. The Morgan fingerprint density at radius 2 is 2.00 bits per heavy atom. The van der Waals surface area contributed by atoms with Gasteiger partial charge in [-0.15, -0.1) is 11.6 Å². The molecular weight excluding hydrogens is 218 g/mol. The van der Waals surface area contributed by atoms with Crippen molar-refractivity contribution in [3.8, 4) is 0 Å². The first-order chi connectivity index (χ1) is 7.04. The van der Waals surface area contributed by atoms with Crippen molar-refractivity contribution in [1.29, 1.82) is 0 Å². The van der Waals surface area contributed by atoms with Gasteiger partial charge in [-0.25, -0.2) is 8.78 Å². The second kappa shape index (κ2) is 5.45. The number of hydrogen-bond acceptors (Lipinski definition) is 0. The Kier molecular flexibility index (Phi) is 4.52. The number of rotatable bonds is 4. The standard InChI is InChI=1S/C12H15ClF2/c1-3-8(2)6-11(13)10-7-9(14)4-5-12(10)15/h4-5,7-8,11H,3,6H2,1-2H3. The second-order valence-electron chi connectivity index (χ2n) is 3.88. The van der Waals surface area contributed by atoms with E-state index in [1.165, 1.54) is 6.07 Å². The fourth-order valence-electron chi connectivity index (χ4n) is 1.40. The first kappa shape index (κ1) is 12.4. The highest BCUT2D eigenvalue weighted by Crippen LogP contribution is 2.31. The van der Waals surface area contributed by atoms with Crippen LogP contribution in [0.3, 0.4) is 0 Å². The fourth-order valence-corrected chi connectivity index (χ4v) is 1.87. The molecule has 2 atom stereocenters. The van der Waals surface area contributed by atoms with Gasteiger partial charge in [-0.3, -0.25) is 0 Å². The normalized spacial score (nSPS) is 15.0. The maximum atomic E-state index is 13.3. The summed E-state index contributed by atoms with van der Waals surface area (Å²) < 4.78 is 26.2. The van der Waals surface area contributed by atoms with E-state index in [-0.39, 0.29) is 5.56 Å². The number of alkyl halides is 1. The van der Waals surface area contributed by atoms with Gasteiger partial charge in [0.15, 0.2) is 0 Å². The molecule has 1 aromatic rings. The Morgan fingerprint density at radius 1 is 1.33 bits per heavy atom. The summed E-state index contributed by atoms with van der Waals surface area (Å²) in [7, 11) is 0. The van der Waals surface area contributed by atoms with Crippen LogP contribution in [0.15, 0.2) is 18.2 Å². The molecule has 0 radical (unpaired) electrons. The van der Waals surface area contributed by atoms with Crippen LogP contribution in [0, 0.1) is 17.6 Å². The van der Waals surface area contributed by atoms with Crippen LogP contribution >= 0.6 is 11.6 Å². The highest BCUT2D eigenvalue weighted by molar-refractivity contribution is 6.20. The van der Waals surface area contributed by atoms with Crippen LogP contribution in [0.5, 0.6) is 0 Å². The SMILES string of the molecule is CCC(C)CC(Cl)c1cc(F)ccc1F. The molecule has 0 aromatic heterocycles. The van der Waals surface area contributed by atoms with Gasteiger partial charge in [-0.1, -0.05) is 20.3 Å². The summed E-state index contributed by atoms with van der Waals surface area (Å²) in [6.45, 7) is 4.10. The first-order valence-electron chi connectivity index (χ1n) is 5.13. The average Bonchev–Trinajstić information content (AvgIpc) is 2.21. The Bertz CT molecular complexity index is 325. The van der Waals surface area contributed by atoms with E-state index in [0.29, 0.717) is 12.3 Å². The Balaban J connectivity index is 2.80. The molecule has 0 N–H and O–H groups in total. The Labute approximate surface area is 94.3 Å². The van der Waals surface area contributed by atoms with Crippen LogP contribution in [0.1, 0.15) is 37.6 Å². The first-order valence-corrected chi connectivity index (χ1v) is 5.57. The molecule has 0 bridgehead atoms.